The number of carboxylic acid groups (broad SMARTS) is 1. The van der Waals surface area contributed by atoms with Crippen LogP contribution in [0.25, 0.3) is 11.4 Å². The summed E-state index contributed by atoms with van der Waals surface area (Å²) in [5, 5.41) is 17.2. The highest BCUT2D eigenvalue weighted by molar-refractivity contribution is 5.71. The lowest BCUT2D eigenvalue weighted by Crippen LogP contribution is -2.23. The fraction of sp³-hybridized carbons (Fsp3) is 0.385. The third-order valence-electron chi connectivity index (χ3n) is 3.47. The van der Waals surface area contributed by atoms with Crippen molar-refractivity contribution in [1.82, 2.24) is 19.9 Å². The van der Waals surface area contributed by atoms with Gasteiger partial charge in [-0.15, -0.1) is 0 Å². The normalized spacial score (nSPS) is 22.1. The fourth-order valence-corrected chi connectivity index (χ4v) is 2.40. The van der Waals surface area contributed by atoms with E-state index in [4.69, 9.17) is 4.52 Å². The predicted molar refractivity (Wildman–Crippen MR) is 68.7 cm³/mol. The number of aliphatic carboxylic acids is 1. The van der Waals surface area contributed by atoms with Crippen LogP contribution in [-0.2, 0) is 11.8 Å². The quantitative estimate of drug-likeness (QED) is 0.854. The van der Waals surface area contributed by atoms with Gasteiger partial charge in [-0.05, 0) is 12.8 Å². The van der Waals surface area contributed by atoms with Crippen molar-refractivity contribution in [2.45, 2.75) is 18.8 Å². The third kappa shape index (κ3) is 2.22. The van der Waals surface area contributed by atoms with Gasteiger partial charge in [-0.1, -0.05) is 17.3 Å². The number of hydrogen-bond donors (Lipinski definition) is 1. The number of nitrogens with zero attached hydrogens (tertiary/aromatic N) is 4. The molecular weight excluding hydrogens is 260 g/mol. The summed E-state index contributed by atoms with van der Waals surface area (Å²) in [6, 6.07) is 0. The Labute approximate surface area is 114 Å². The van der Waals surface area contributed by atoms with Crippen molar-refractivity contribution < 1.29 is 14.4 Å². The average molecular weight is 274 g/mol. The molecule has 7 nitrogen and oxygen atoms in total. The SMILES string of the molecule is Cn1cc(-c2noc(C3CC=CCC3C(=O)O)n2)cn1. The number of hydrogen-bond acceptors (Lipinski definition) is 5. The summed E-state index contributed by atoms with van der Waals surface area (Å²) in [7, 11) is 1.80. The van der Waals surface area contributed by atoms with Crippen molar-refractivity contribution in [3.8, 4) is 11.4 Å². The number of carboxylic acids is 1. The van der Waals surface area contributed by atoms with E-state index in [9.17, 15) is 9.90 Å². The monoisotopic (exact) mass is 274 g/mol. The van der Waals surface area contributed by atoms with Crippen molar-refractivity contribution >= 4 is 5.97 Å². The minimum atomic E-state index is -0.833. The summed E-state index contributed by atoms with van der Waals surface area (Å²) in [6.45, 7) is 0. The topological polar surface area (TPSA) is 94.0 Å². The van der Waals surface area contributed by atoms with Gasteiger partial charge in [0.25, 0.3) is 0 Å². The van der Waals surface area contributed by atoms with Crippen molar-refractivity contribution in [1.29, 1.82) is 0 Å². The molecule has 104 valence electrons. The van der Waals surface area contributed by atoms with Crippen LogP contribution in [0.5, 0.6) is 0 Å². The van der Waals surface area contributed by atoms with Gasteiger partial charge in [0.2, 0.25) is 11.7 Å². The van der Waals surface area contributed by atoms with Crippen molar-refractivity contribution in [2.24, 2.45) is 13.0 Å². The molecule has 2 heterocycles. The molecule has 0 amide bonds. The van der Waals surface area contributed by atoms with Crippen molar-refractivity contribution in [3.63, 3.8) is 0 Å². The summed E-state index contributed by atoms with van der Waals surface area (Å²) >= 11 is 0. The molecule has 7 heteroatoms. The zero-order chi connectivity index (χ0) is 14.1. The molecule has 0 spiro atoms. The van der Waals surface area contributed by atoms with Crippen LogP contribution >= 0.6 is 0 Å². The van der Waals surface area contributed by atoms with E-state index in [0.29, 0.717) is 24.6 Å². The molecule has 0 radical (unpaired) electrons. The highest BCUT2D eigenvalue weighted by atomic mass is 16.5. The maximum absolute atomic E-state index is 11.3. The predicted octanol–water partition coefficient (Wildman–Crippen LogP) is 1.60. The molecule has 2 unspecified atom stereocenters. The van der Waals surface area contributed by atoms with Gasteiger partial charge in [0.05, 0.1) is 23.6 Å². The highest BCUT2D eigenvalue weighted by Gasteiger charge is 2.34. The number of carbonyl (C=O) groups is 1. The smallest absolute Gasteiger partial charge is 0.307 e. The Balaban J connectivity index is 1.89. The second-order valence-corrected chi connectivity index (χ2v) is 4.85. The molecule has 0 fully saturated rings. The molecule has 0 saturated carbocycles. The summed E-state index contributed by atoms with van der Waals surface area (Å²) < 4.78 is 6.90. The molecule has 1 N–H and O–H groups in total. The van der Waals surface area contributed by atoms with Gasteiger partial charge in [0.1, 0.15) is 0 Å². The first-order valence-electron chi connectivity index (χ1n) is 6.35. The van der Waals surface area contributed by atoms with Crippen LogP contribution < -0.4 is 0 Å². The molecule has 2 atom stereocenters. The van der Waals surface area contributed by atoms with Crippen LogP contribution in [0.3, 0.4) is 0 Å². The van der Waals surface area contributed by atoms with E-state index in [1.165, 1.54) is 0 Å². The first kappa shape index (κ1) is 12.6. The zero-order valence-electron chi connectivity index (χ0n) is 10.9. The fourth-order valence-electron chi connectivity index (χ4n) is 2.40. The molecule has 0 bridgehead atoms. The van der Waals surface area contributed by atoms with Crippen LogP contribution in [-0.4, -0.2) is 31.0 Å². The standard InChI is InChI=1S/C13H14N4O3/c1-17-7-8(6-14-17)11-15-12(20-16-11)9-4-2-3-5-10(9)13(18)19/h2-3,6-7,9-10H,4-5H2,1H3,(H,18,19). The van der Waals surface area contributed by atoms with Crippen LogP contribution in [0, 0.1) is 5.92 Å². The van der Waals surface area contributed by atoms with Crippen LogP contribution in [0.4, 0.5) is 0 Å². The Kier molecular flexibility index (Phi) is 3.09. The molecule has 1 aliphatic rings. The minimum Gasteiger partial charge on any atom is -0.481 e. The summed E-state index contributed by atoms with van der Waals surface area (Å²) in [6.07, 6.45) is 8.36. The maximum Gasteiger partial charge on any atom is 0.307 e. The van der Waals surface area contributed by atoms with Gasteiger partial charge in [-0.2, -0.15) is 10.1 Å². The molecule has 1 aliphatic carbocycles. The molecular formula is C13H14N4O3. The number of aryl methyl sites for hydroxylation is 1. The first-order valence-corrected chi connectivity index (χ1v) is 6.35. The lowest BCUT2D eigenvalue weighted by Gasteiger charge is -2.21. The lowest BCUT2D eigenvalue weighted by atomic mass is 9.83. The first-order chi connectivity index (χ1) is 9.65. The number of allylic oxidation sites excluding steroid dienone is 2. The second kappa shape index (κ2) is 4.92. The van der Waals surface area contributed by atoms with E-state index < -0.39 is 11.9 Å². The Morgan fingerprint density at radius 1 is 1.45 bits per heavy atom. The molecule has 2 aromatic heterocycles. The van der Waals surface area contributed by atoms with Gasteiger partial charge < -0.3 is 9.63 Å². The summed E-state index contributed by atoms with van der Waals surface area (Å²) in [4.78, 5) is 15.6. The molecule has 3 rings (SSSR count). The highest BCUT2D eigenvalue weighted by Crippen LogP contribution is 2.34. The van der Waals surface area contributed by atoms with E-state index in [1.807, 2.05) is 12.2 Å². The number of rotatable bonds is 3. The van der Waals surface area contributed by atoms with E-state index in [0.717, 1.165) is 5.56 Å². The van der Waals surface area contributed by atoms with Gasteiger partial charge >= 0.3 is 5.97 Å². The van der Waals surface area contributed by atoms with Crippen LogP contribution in [0.2, 0.25) is 0 Å². The lowest BCUT2D eigenvalue weighted by molar-refractivity contribution is -0.142. The Bertz CT molecular complexity index is 658. The van der Waals surface area contributed by atoms with Crippen LogP contribution in [0.1, 0.15) is 24.7 Å². The number of aromatic nitrogens is 4. The van der Waals surface area contributed by atoms with E-state index >= 15 is 0 Å². The summed E-state index contributed by atoms with van der Waals surface area (Å²) in [5.74, 6) is -0.800. The van der Waals surface area contributed by atoms with E-state index in [1.54, 1.807) is 24.1 Å². The molecule has 0 saturated heterocycles. The minimum absolute atomic E-state index is 0.268. The van der Waals surface area contributed by atoms with Gasteiger partial charge in [0.15, 0.2) is 0 Å². The molecule has 20 heavy (non-hydrogen) atoms. The largest absolute Gasteiger partial charge is 0.481 e. The average Bonchev–Trinajstić information content (AvgIpc) is 3.07. The Morgan fingerprint density at radius 2 is 2.25 bits per heavy atom. The molecule has 0 aromatic carbocycles. The zero-order valence-corrected chi connectivity index (χ0v) is 10.9. The van der Waals surface area contributed by atoms with Gasteiger partial charge in [-0.25, -0.2) is 0 Å². The van der Waals surface area contributed by atoms with Crippen molar-refractivity contribution in [3.05, 3.63) is 30.4 Å². The summed E-state index contributed by atoms with van der Waals surface area (Å²) in [5.41, 5.74) is 0.751. The maximum atomic E-state index is 11.3. The van der Waals surface area contributed by atoms with Gasteiger partial charge in [-0.3, -0.25) is 9.48 Å². The molecule has 0 aliphatic heterocycles. The van der Waals surface area contributed by atoms with Gasteiger partial charge in [0, 0.05) is 13.2 Å². The van der Waals surface area contributed by atoms with Crippen LogP contribution in [0.15, 0.2) is 29.1 Å². The Morgan fingerprint density at radius 3 is 2.95 bits per heavy atom. The van der Waals surface area contributed by atoms with E-state index in [-0.39, 0.29) is 5.92 Å². The van der Waals surface area contributed by atoms with Crippen molar-refractivity contribution in [2.75, 3.05) is 0 Å². The van der Waals surface area contributed by atoms with E-state index in [2.05, 4.69) is 15.2 Å². The third-order valence-corrected chi connectivity index (χ3v) is 3.47. The second-order valence-electron chi connectivity index (χ2n) is 4.85. The Hall–Kier alpha value is -2.44. The molecule has 2 aromatic rings.